The molecule has 0 bridgehead atoms. The minimum absolute atomic E-state index is 0.0133. The van der Waals surface area contributed by atoms with Crippen molar-refractivity contribution in [2.24, 2.45) is 17.8 Å². The summed E-state index contributed by atoms with van der Waals surface area (Å²) in [6.45, 7) is 5.04. The van der Waals surface area contributed by atoms with Crippen molar-refractivity contribution in [3.63, 3.8) is 0 Å². The second-order valence-electron chi connectivity index (χ2n) is 7.00. The van der Waals surface area contributed by atoms with Crippen molar-refractivity contribution in [1.82, 2.24) is 10.6 Å². The highest BCUT2D eigenvalue weighted by Crippen LogP contribution is 2.29. The van der Waals surface area contributed by atoms with E-state index >= 15 is 0 Å². The molecule has 24 heavy (non-hydrogen) atoms. The molecule has 4 nitrogen and oxygen atoms in total. The first-order valence-electron chi connectivity index (χ1n) is 8.76. The smallest absolute Gasteiger partial charge is 0.223 e. The van der Waals surface area contributed by atoms with Crippen molar-refractivity contribution in [3.8, 4) is 0 Å². The van der Waals surface area contributed by atoms with E-state index in [0.29, 0.717) is 30.9 Å². The van der Waals surface area contributed by atoms with Gasteiger partial charge in [0.1, 0.15) is 5.82 Å². The van der Waals surface area contributed by atoms with E-state index in [2.05, 4.69) is 24.5 Å². The molecule has 132 valence electrons. The second-order valence-corrected chi connectivity index (χ2v) is 7.00. The zero-order chi connectivity index (χ0) is 17.5. The van der Waals surface area contributed by atoms with Gasteiger partial charge in [-0.1, -0.05) is 32.0 Å². The van der Waals surface area contributed by atoms with Crippen LogP contribution in [0.5, 0.6) is 0 Å². The molecular weight excluding hydrogens is 307 g/mol. The number of halogens is 1. The van der Waals surface area contributed by atoms with E-state index in [0.717, 1.165) is 12.8 Å². The Morgan fingerprint density at radius 1 is 1.04 bits per heavy atom. The first-order chi connectivity index (χ1) is 11.5. The molecule has 0 aromatic heterocycles. The summed E-state index contributed by atoms with van der Waals surface area (Å²) < 4.78 is 13.6. The summed E-state index contributed by atoms with van der Waals surface area (Å²) in [5.41, 5.74) is 0.493. The van der Waals surface area contributed by atoms with E-state index in [4.69, 9.17) is 0 Å². The van der Waals surface area contributed by atoms with Gasteiger partial charge in [0.05, 0.1) is 0 Å². The van der Waals surface area contributed by atoms with Crippen molar-refractivity contribution >= 4 is 11.8 Å². The summed E-state index contributed by atoms with van der Waals surface area (Å²) >= 11 is 0. The lowest BCUT2D eigenvalue weighted by molar-refractivity contribution is -0.130. The third-order valence-electron chi connectivity index (χ3n) is 4.56. The van der Waals surface area contributed by atoms with Crippen LogP contribution in [0.15, 0.2) is 24.3 Å². The molecule has 0 heterocycles. The van der Waals surface area contributed by atoms with Gasteiger partial charge >= 0.3 is 0 Å². The summed E-state index contributed by atoms with van der Waals surface area (Å²) in [4.78, 5) is 24.3. The predicted octanol–water partition coefficient (Wildman–Crippen LogP) is 3.02. The summed E-state index contributed by atoms with van der Waals surface area (Å²) in [5.74, 6) is 0.135. The molecule has 1 aliphatic rings. The quantitative estimate of drug-likeness (QED) is 0.840. The van der Waals surface area contributed by atoms with Crippen LogP contribution in [-0.4, -0.2) is 18.4 Å². The maximum absolute atomic E-state index is 13.6. The fourth-order valence-electron chi connectivity index (χ4n) is 3.04. The number of benzene rings is 1. The fraction of sp³-hybridized carbons (Fsp3) is 0.579. The van der Waals surface area contributed by atoms with Gasteiger partial charge in [-0.05, 0) is 37.7 Å². The Morgan fingerprint density at radius 2 is 1.58 bits per heavy atom. The number of rotatable bonds is 6. The molecule has 1 aromatic rings. The first-order valence-corrected chi connectivity index (χ1v) is 8.76. The SMILES string of the molecule is CC(C)CNC(=O)C1CCC(C(=O)NCc2ccccc2F)CC1. The number of hydrogen-bond donors (Lipinski definition) is 2. The van der Waals surface area contributed by atoms with E-state index in [1.165, 1.54) is 6.07 Å². The van der Waals surface area contributed by atoms with Gasteiger partial charge in [0.2, 0.25) is 11.8 Å². The zero-order valence-corrected chi connectivity index (χ0v) is 14.5. The average molecular weight is 334 g/mol. The van der Waals surface area contributed by atoms with Crippen LogP contribution in [0.2, 0.25) is 0 Å². The standard InChI is InChI=1S/C19H27FN2O2/c1-13(2)11-21-18(23)14-7-9-15(10-8-14)19(24)22-12-16-5-3-4-6-17(16)20/h3-6,13-15H,7-12H2,1-2H3,(H,21,23)(H,22,24). The molecule has 0 aliphatic heterocycles. The van der Waals surface area contributed by atoms with Crippen molar-refractivity contribution in [1.29, 1.82) is 0 Å². The predicted molar refractivity (Wildman–Crippen MR) is 91.5 cm³/mol. The van der Waals surface area contributed by atoms with E-state index in [9.17, 15) is 14.0 Å². The lowest BCUT2D eigenvalue weighted by Crippen LogP contribution is -2.38. The average Bonchev–Trinajstić information content (AvgIpc) is 2.58. The highest BCUT2D eigenvalue weighted by atomic mass is 19.1. The number of hydrogen-bond acceptors (Lipinski definition) is 2. The van der Waals surface area contributed by atoms with Gasteiger partial charge in [-0.25, -0.2) is 4.39 Å². The number of carbonyl (C=O) groups excluding carboxylic acids is 2. The van der Waals surface area contributed by atoms with E-state index in [1.54, 1.807) is 18.2 Å². The molecule has 0 saturated heterocycles. The molecule has 0 atom stereocenters. The lowest BCUT2D eigenvalue weighted by atomic mass is 9.81. The molecular formula is C19H27FN2O2. The Morgan fingerprint density at radius 3 is 2.12 bits per heavy atom. The van der Waals surface area contributed by atoms with Crippen LogP contribution in [0.4, 0.5) is 4.39 Å². The van der Waals surface area contributed by atoms with Gasteiger partial charge in [-0.2, -0.15) is 0 Å². The maximum atomic E-state index is 13.6. The van der Waals surface area contributed by atoms with Crippen molar-refractivity contribution < 1.29 is 14.0 Å². The second kappa shape index (κ2) is 8.81. The van der Waals surface area contributed by atoms with Crippen molar-refractivity contribution in [2.45, 2.75) is 46.1 Å². The maximum Gasteiger partial charge on any atom is 0.223 e. The molecule has 2 N–H and O–H groups in total. The van der Waals surface area contributed by atoms with Crippen LogP contribution in [0.25, 0.3) is 0 Å². The normalized spacial score (nSPS) is 20.7. The minimum Gasteiger partial charge on any atom is -0.356 e. The highest BCUT2D eigenvalue weighted by Gasteiger charge is 2.29. The van der Waals surface area contributed by atoms with Crippen LogP contribution in [0, 0.1) is 23.6 Å². The minimum atomic E-state index is -0.302. The number of nitrogens with one attached hydrogen (secondary N) is 2. The van der Waals surface area contributed by atoms with Gasteiger partial charge in [0.25, 0.3) is 0 Å². The Hall–Kier alpha value is -1.91. The van der Waals surface area contributed by atoms with Crippen molar-refractivity contribution in [3.05, 3.63) is 35.6 Å². The Bertz CT molecular complexity index is 566. The van der Waals surface area contributed by atoms with E-state index in [-0.39, 0.29) is 36.0 Å². The summed E-state index contributed by atoms with van der Waals surface area (Å²) in [5, 5.41) is 5.78. The zero-order valence-electron chi connectivity index (χ0n) is 14.5. The molecule has 2 amide bonds. The van der Waals surface area contributed by atoms with Gasteiger partial charge in [-0.3, -0.25) is 9.59 Å². The first kappa shape index (κ1) is 18.4. The van der Waals surface area contributed by atoms with Gasteiger partial charge in [0.15, 0.2) is 0 Å². The van der Waals surface area contributed by atoms with Gasteiger partial charge < -0.3 is 10.6 Å². The largest absolute Gasteiger partial charge is 0.356 e. The fourth-order valence-corrected chi connectivity index (χ4v) is 3.04. The van der Waals surface area contributed by atoms with Crippen molar-refractivity contribution in [2.75, 3.05) is 6.54 Å². The number of amides is 2. The molecule has 2 rings (SSSR count). The third-order valence-corrected chi connectivity index (χ3v) is 4.56. The summed E-state index contributed by atoms with van der Waals surface area (Å²) in [6, 6.07) is 6.45. The summed E-state index contributed by atoms with van der Waals surface area (Å²) in [6.07, 6.45) is 2.90. The lowest BCUT2D eigenvalue weighted by Gasteiger charge is -2.27. The molecule has 0 radical (unpaired) electrons. The Labute approximate surface area is 143 Å². The molecule has 1 fully saturated rings. The molecule has 0 unspecified atom stereocenters. The van der Waals surface area contributed by atoms with Crippen LogP contribution in [-0.2, 0) is 16.1 Å². The van der Waals surface area contributed by atoms with Crippen LogP contribution < -0.4 is 10.6 Å². The third kappa shape index (κ3) is 5.32. The Kier molecular flexibility index (Phi) is 6.76. The van der Waals surface area contributed by atoms with E-state index in [1.807, 2.05) is 0 Å². The van der Waals surface area contributed by atoms with Crippen LogP contribution in [0.3, 0.4) is 0 Å². The molecule has 1 aliphatic carbocycles. The Balaban J connectivity index is 1.74. The van der Waals surface area contributed by atoms with Crippen LogP contribution in [0.1, 0.15) is 45.1 Å². The van der Waals surface area contributed by atoms with Gasteiger partial charge in [-0.15, -0.1) is 0 Å². The molecule has 0 spiro atoms. The topological polar surface area (TPSA) is 58.2 Å². The number of carbonyl (C=O) groups is 2. The molecule has 1 aromatic carbocycles. The van der Waals surface area contributed by atoms with Crippen LogP contribution >= 0.6 is 0 Å². The summed E-state index contributed by atoms with van der Waals surface area (Å²) in [7, 11) is 0. The highest BCUT2D eigenvalue weighted by molar-refractivity contribution is 5.81. The van der Waals surface area contributed by atoms with E-state index < -0.39 is 0 Å². The monoisotopic (exact) mass is 334 g/mol. The molecule has 1 saturated carbocycles. The van der Waals surface area contributed by atoms with Gasteiger partial charge in [0, 0.05) is 30.5 Å². The molecule has 5 heteroatoms.